The van der Waals surface area contributed by atoms with Gasteiger partial charge >= 0.3 is 5.97 Å². The molecular weight excluding hydrogens is 234 g/mol. The van der Waals surface area contributed by atoms with Crippen molar-refractivity contribution < 1.29 is 9.53 Å². The second-order valence-electron chi connectivity index (χ2n) is 2.84. The lowest BCUT2D eigenvalue weighted by molar-refractivity contribution is 0.0526. The third-order valence-electron chi connectivity index (χ3n) is 1.91. The summed E-state index contributed by atoms with van der Waals surface area (Å²) < 4.78 is 5.70. The topological polar surface area (TPSA) is 39.2 Å². The third kappa shape index (κ3) is 1.82. The molecule has 0 amide bonds. The molecule has 0 N–H and O–H groups in total. The molecule has 2 aromatic rings. The zero-order valence-corrected chi connectivity index (χ0v) is 9.56. The standard InChI is InChI=1S/C10H8ClNO2S/c1-2-14-10(13)6-5-12-7-3-4-15-9(7)8(6)11/h3-5H,2H2,1H3. The highest BCUT2D eigenvalue weighted by Gasteiger charge is 2.15. The number of fused-ring (bicyclic) bond motifs is 1. The maximum absolute atomic E-state index is 11.5. The fourth-order valence-corrected chi connectivity index (χ4v) is 2.38. The number of carbonyl (C=O) groups is 1. The Bertz CT molecular complexity index is 509. The Balaban J connectivity index is 2.52. The number of hydrogen-bond acceptors (Lipinski definition) is 4. The fourth-order valence-electron chi connectivity index (χ4n) is 1.23. The normalized spacial score (nSPS) is 10.5. The van der Waals surface area contributed by atoms with Gasteiger partial charge in [-0.1, -0.05) is 11.6 Å². The fraction of sp³-hybridized carbons (Fsp3) is 0.200. The van der Waals surface area contributed by atoms with E-state index in [1.807, 2.05) is 11.4 Å². The van der Waals surface area contributed by atoms with Gasteiger partial charge in [-0.05, 0) is 18.4 Å². The number of thiophene rings is 1. The summed E-state index contributed by atoms with van der Waals surface area (Å²) in [5.41, 5.74) is 1.13. The Hall–Kier alpha value is -1.13. The number of carbonyl (C=O) groups excluding carboxylic acids is 1. The lowest BCUT2D eigenvalue weighted by atomic mass is 10.2. The molecule has 0 spiro atoms. The Morgan fingerprint density at radius 1 is 1.67 bits per heavy atom. The average Bonchev–Trinajstić information content (AvgIpc) is 2.67. The third-order valence-corrected chi connectivity index (χ3v) is 3.33. The highest BCUT2D eigenvalue weighted by atomic mass is 35.5. The molecule has 0 aliphatic heterocycles. The van der Waals surface area contributed by atoms with Crippen LogP contribution in [0.3, 0.4) is 0 Å². The molecule has 78 valence electrons. The summed E-state index contributed by atoms with van der Waals surface area (Å²) in [4.78, 5) is 15.6. The number of hydrogen-bond donors (Lipinski definition) is 0. The van der Waals surface area contributed by atoms with Gasteiger partial charge in [0.1, 0.15) is 0 Å². The predicted octanol–water partition coefficient (Wildman–Crippen LogP) is 3.13. The molecule has 0 aliphatic carbocycles. The average molecular weight is 242 g/mol. The molecule has 2 aromatic heterocycles. The maximum Gasteiger partial charge on any atom is 0.341 e. The van der Waals surface area contributed by atoms with Crippen molar-refractivity contribution in [2.24, 2.45) is 0 Å². The molecule has 15 heavy (non-hydrogen) atoms. The molecule has 0 radical (unpaired) electrons. The van der Waals surface area contributed by atoms with Crippen molar-refractivity contribution >= 4 is 39.1 Å². The monoisotopic (exact) mass is 241 g/mol. The molecule has 0 unspecified atom stereocenters. The van der Waals surface area contributed by atoms with Crippen LogP contribution < -0.4 is 0 Å². The first-order chi connectivity index (χ1) is 7.24. The van der Waals surface area contributed by atoms with E-state index in [2.05, 4.69) is 4.98 Å². The van der Waals surface area contributed by atoms with Crippen LogP contribution in [0.15, 0.2) is 17.6 Å². The van der Waals surface area contributed by atoms with Crippen LogP contribution in [0.1, 0.15) is 17.3 Å². The van der Waals surface area contributed by atoms with Gasteiger partial charge in [0.2, 0.25) is 0 Å². The minimum absolute atomic E-state index is 0.327. The van der Waals surface area contributed by atoms with E-state index in [0.717, 1.165) is 10.2 Å². The zero-order valence-electron chi connectivity index (χ0n) is 7.99. The quantitative estimate of drug-likeness (QED) is 0.759. The first-order valence-corrected chi connectivity index (χ1v) is 5.68. The number of aromatic nitrogens is 1. The van der Waals surface area contributed by atoms with Gasteiger partial charge in [-0.15, -0.1) is 11.3 Å². The summed E-state index contributed by atoms with van der Waals surface area (Å²) >= 11 is 7.54. The Morgan fingerprint density at radius 2 is 2.47 bits per heavy atom. The number of halogens is 1. The predicted molar refractivity (Wildman–Crippen MR) is 60.6 cm³/mol. The molecule has 0 bridgehead atoms. The molecule has 0 saturated heterocycles. The lowest BCUT2D eigenvalue weighted by Crippen LogP contribution is -2.05. The Labute approximate surface area is 95.6 Å². The molecule has 0 aromatic carbocycles. The van der Waals surface area contributed by atoms with Crippen LogP contribution in [0.2, 0.25) is 5.02 Å². The molecule has 0 saturated carbocycles. The van der Waals surface area contributed by atoms with Gasteiger partial charge in [-0.25, -0.2) is 4.79 Å². The highest BCUT2D eigenvalue weighted by Crippen LogP contribution is 2.30. The summed E-state index contributed by atoms with van der Waals surface area (Å²) in [6.07, 6.45) is 1.45. The van der Waals surface area contributed by atoms with E-state index >= 15 is 0 Å². The molecule has 0 fully saturated rings. The van der Waals surface area contributed by atoms with Crippen LogP contribution in [0.25, 0.3) is 10.2 Å². The molecule has 0 aliphatic rings. The van der Waals surface area contributed by atoms with Crippen molar-refractivity contribution in [3.05, 3.63) is 28.2 Å². The van der Waals surface area contributed by atoms with Crippen molar-refractivity contribution in [1.29, 1.82) is 0 Å². The van der Waals surface area contributed by atoms with Crippen molar-refractivity contribution in [2.45, 2.75) is 6.92 Å². The van der Waals surface area contributed by atoms with Crippen LogP contribution in [-0.4, -0.2) is 17.6 Å². The zero-order chi connectivity index (χ0) is 10.8. The van der Waals surface area contributed by atoms with Crippen LogP contribution >= 0.6 is 22.9 Å². The molecule has 5 heteroatoms. The van der Waals surface area contributed by atoms with E-state index in [1.165, 1.54) is 17.5 Å². The molecule has 2 heterocycles. The molecule has 2 rings (SSSR count). The van der Waals surface area contributed by atoms with Gasteiger partial charge in [0.15, 0.2) is 0 Å². The number of esters is 1. The van der Waals surface area contributed by atoms with Crippen LogP contribution in [-0.2, 0) is 4.74 Å². The number of pyridine rings is 1. The lowest BCUT2D eigenvalue weighted by Gasteiger charge is -2.03. The van der Waals surface area contributed by atoms with Gasteiger partial charge in [0, 0.05) is 6.20 Å². The summed E-state index contributed by atoms with van der Waals surface area (Å²) in [6.45, 7) is 2.08. The van der Waals surface area contributed by atoms with Crippen LogP contribution in [0.4, 0.5) is 0 Å². The van der Waals surface area contributed by atoms with Gasteiger partial charge in [0.25, 0.3) is 0 Å². The van der Waals surface area contributed by atoms with Crippen molar-refractivity contribution in [3.8, 4) is 0 Å². The SMILES string of the molecule is CCOC(=O)c1cnc2ccsc2c1Cl. The number of nitrogens with zero attached hydrogens (tertiary/aromatic N) is 1. The smallest absolute Gasteiger partial charge is 0.341 e. The van der Waals surface area contributed by atoms with E-state index < -0.39 is 5.97 Å². The van der Waals surface area contributed by atoms with Crippen LogP contribution in [0.5, 0.6) is 0 Å². The van der Waals surface area contributed by atoms with E-state index in [0.29, 0.717) is 17.2 Å². The summed E-state index contributed by atoms with van der Waals surface area (Å²) in [7, 11) is 0. The Morgan fingerprint density at radius 3 is 3.20 bits per heavy atom. The van der Waals surface area contributed by atoms with E-state index in [1.54, 1.807) is 6.92 Å². The summed E-state index contributed by atoms with van der Waals surface area (Å²) in [5, 5.41) is 2.31. The van der Waals surface area contributed by atoms with Gasteiger partial charge in [-0.3, -0.25) is 4.98 Å². The van der Waals surface area contributed by atoms with Crippen molar-refractivity contribution in [2.75, 3.05) is 6.61 Å². The minimum atomic E-state index is -0.426. The second-order valence-corrected chi connectivity index (χ2v) is 4.14. The number of ether oxygens (including phenoxy) is 1. The largest absolute Gasteiger partial charge is 0.462 e. The summed E-state index contributed by atoms with van der Waals surface area (Å²) in [5.74, 6) is -0.426. The van der Waals surface area contributed by atoms with Gasteiger partial charge < -0.3 is 4.74 Å². The highest BCUT2D eigenvalue weighted by molar-refractivity contribution is 7.17. The van der Waals surface area contributed by atoms with E-state index in [4.69, 9.17) is 16.3 Å². The first-order valence-electron chi connectivity index (χ1n) is 4.43. The van der Waals surface area contributed by atoms with Gasteiger partial charge in [-0.2, -0.15) is 0 Å². The molecule has 0 atom stereocenters. The maximum atomic E-state index is 11.5. The minimum Gasteiger partial charge on any atom is -0.462 e. The van der Waals surface area contributed by atoms with Crippen molar-refractivity contribution in [3.63, 3.8) is 0 Å². The molecular formula is C10H8ClNO2S. The van der Waals surface area contributed by atoms with Crippen molar-refractivity contribution in [1.82, 2.24) is 4.98 Å². The van der Waals surface area contributed by atoms with Gasteiger partial charge in [0.05, 0.1) is 27.4 Å². The number of rotatable bonds is 2. The van der Waals surface area contributed by atoms with E-state index in [-0.39, 0.29) is 0 Å². The molecule has 3 nitrogen and oxygen atoms in total. The first kappa shape index (κ1) is 10.4. The van der Waals surface area contributed by atoms with E-state index in [9.17, 15) is 4.79 Å². The second kappa shape index (κ2) is 4.16. The van der Waals surface area contributed by atoms with Crippen LogP contribution in [0, 0.1) is 0 Å². The summed E-state index contributed by atoms with van der Waals surface area (Å²) in [6, 6.07) is 1.86. The Kier molecular flexibility index (Phi) is 2.88.